The highest BCUT2D eigenvalue weighted by Gasteiger charge is 2.24. The summed E-state index contributed by atoms with van der Waals surface area (Å²) < 4.78 is 12.9. The molecule has 2 unspecified atom stereocenters. The minimum Gasteiger partial charge on any atom is -0.390 e. The Labute approximate surface area is 113 Å². The first kappa shape index (κ1) is 13.1. The Hall–Kier alpha value is -0.910. The molecule has 1 aliphatic carbocycles. The van der Waals surface area contributed by atoms with Gasteiger partial charge in [0.25, 0.3) is 0 Å². The summed E-state index contributed by atoms with van der Waals surface area (Å²) in [5.74, 6) is 0. The van der Waals surface area contributed by atoms with Crippen molar-refractivity contribution in [3.05, 3.63) is 18.0 Å². The Morgan fingerprint density at radius 3 is 2.95 bits per heavy atom. The predicted molar refractivity (Wildman–Crippen MR) is 70.0 cm³/mol. The first-order valence-corrected chi connectivity index (χ1v) is 7.24. The summed E-state index contributed by atoms with van der Waals surface area (Å²) in [6, 6.07) is 2.56. The number of aliphatic hydroxyl groups excluding tert-OH is 1. The van der Waals surface area contributed by atoms with Gasteiger partial charge in [-0.05, 0) is 18.9 Å². The standard InChI is InChI=1S/C14H22N2O3/c17-13(14-10-18-7-8-19-14)9-11-5-6-16(15-11)12-3-1-2-4-12/h5-6,12-14,17H,1-4,7-10H2. The van der Waals surface area contributed by atoms with Gasteiger partial charge in [-0.2, -0.15) is 5.10 Å². The summed E-state index contributed by atoms with van der Waals surface area (Å²) in [7, 11) is 0. The van der Waals surface area contributed by atoms with Gasteiger partial charge in [0.2, 0.25) is 0 Å². The van der Waals surface area contributed by atoms with Crippen LogP contribution in [0.3, 0.4) is 0 Å². The van der Waals surface area contributed by atoms with Crippen LogP contribution in [-0.2, 0) is 15.9 Å². The van der Waals surface area contributed by atoms with Gasteiger partial charge in [0.15, 0.2) is 0 Å². The van der Waals surface area contributed by atoms with E-state index >= 15 is 0 Å². The minimum absolute atomic E-state index is 0.217. The summed E-state index contributed by atoms with van der Waals surface area (Å²) in [5.41, 5.74) is 0.938. The molecule has 3 rings (SSSR count). The fourth-order valence-corrected chi connectivity index (χ4v) is 2.93. The maximum absolute atomic E-state index is 10.1. The third kappa shape index (κ3) is 3.16. The van der Waals surface area contributed by atoms with Gasteiger partial charge in [-0.25, -0.2) is 0 Å². The van der Waals surface area contributed by atoms with E-state index in [-0.39, 0.29) is 6.10 Å². The van der Waals surface area contributed by atoms with E-state index in [1.54, 1.807) is 0 Å². The van der Waals surface area contributed by atoms with Crippen molar-refractivity contribution in [2.24, 2.45) is 0 Å². The van der Waals surface area contributed by atoms with Crippen LogP contribution in [0, 0.1) is 0 Å². The molecule has 1 aliphatic heterocycles. The van der Waals surface area contributed by atoms with Crippen molar-refractivity contribution in [2.45, 2.75) is 50.4 Å². The second kappa shape index (κ2) is 6.03. The molecule has 5 heteroatoms. The highest BCUT2D eigenvalue weighted by Crippen LogP contribution is 2.28. The lowest BCUT2D eigenvalue weighted by Gasteiger charge is -2.26. The van der Waals surface area contributed by atoms with E-state index in [4.69, 9.17) is 9.47 Å². The van der Waals surface area contributed by atoms with Crippen LogP contribution in [0.5, 0.6) is 0 Å². The van der Waals surface area contributed by atoms with Crippen molar-refractivity contribution in [1.82, 2.24) is 9.78 Å². The molecule has 1 saturated carbocycles. The average molecular weight is 266 g/mol. The van der Waals surface area contributed by atoms with Crippen LogP contribution in [0.25, 0.3) is 0 Å². The largest absolute Gasteiger partial charge is 0.390 e. The zero-order valence-corrected chi connectivity index (χ0v) is 11.2. The van der Waals surface area contributed by atoms with Gasteiger partial charge in [-0.1, -0.05) is 12.8 Å². The first-order valence-electron chi connectivity index (χ1n) is 7.24. The predicted octanol–water partition coefficient (Wildman–Crippen LogP) is 1.32. The Balaban J connectivity index is 1.56. The number of aliphatic hydroxyl groups is 1. The summed E-state index contributed by atoms with van der Waals surface area (Å²) in [6.07, 6.45) is 6.87. The fourth-order valence-electron chi connectivity index (χ4n) is 2.93. The van der Waals surface area contributed by atoms with Crippen LogP contribution in [0.4, 0.5) is 0 Å². The zero-order chi connectivity index (χ0) is 13.1. The molecule has 2 fully saturated rings. The molecule has 1 aromatic rings. The quantitative estimate of drug-likeness (QED) is 0.893. The number of ether oxygens (including phenoxy) is 2. The second-order valence-corrected chi connectivity index (χ2v) is 5.48. The summed E-state index contributed by atoms with van der Waals surface area (Å²) >= 11 is 0. The number of nitrogens with zero attached hydrogens (tertiary/aromatic N) is 2. The second-order valence-electron chi connectivity index (χ2n) is 5.48. The molecule has 19 heavy (non-hydrogen) atoms. The summed E-state index contributed by atoms with van der Waals surface area (Å²) in [6.45, 7) is 1.67. The fraction of sp³-hybridized carbons (Fsp3) is 0.786. The molecule has 5 nitrogen and oxygen atoms in total. The van der Waals surface area contributed by atoms with Gasteiger partial charge in [0.1, 0.15) is 6.10 Å². The lowest BCUT2D eigenvalue weighted by atomic mass is 10.1. The molecule has 1 aromatic heterocycles. The Kier molecular flexibility index (Phi) is 4.15. The number of rotatable bonds is 4. The summed E-state index contributed by atoms with van der Waals surface area (Å²) in [4.78, 5) is 0. The van der Waals surface area contributed by atoms with Crippen molar-refractivity contribution in [3.63, 3.8) is 0 Å². The van der Waals surface area contributed by atoms with E-state index < -0.39 is 6.10 Å². The highest BCUT2D eigenvalue weighted by molar-refractivity contribution is 5.02. The lowest BCUT2D eigenvalue weighted by Crippen LogP contribution is -2.39. The molecule has 0 spiro atoms. The van der Waals surface area contributed by atoms with E-state index in [1.165, 1.54) is 25.7 Å². The van der Waals surface area contributed by atoms with Crippen LogP contribution in [-0.4, -0.2) is 46.9 Å². The Bertz CT molecular complexity index is 395. The Morgan fingerprint density at radius 2 is 2.21 bits per heavy atom. The number of aromatic nitrogens is 2. The molecule has 2 heterocycles. The van der Waals surface area contributed by atoms with Crippen LogP contribution in [0.1, 0.15) is 37.4 Å². The number of hydrogen-bond donors (Lipinski definition) is 1. The molecular weight excluding hydrogens is 244 g/mol. The van der Waals surface area contributed by atoms with E-state index in [0.717, 1.165) is 5.69 Å². The van der Waals surface area contributed by atoms with Crippen LogP contribution in [0.15, 0.2) is 12.3 Å². The minimum atomic E-state index is -0.535. The lowest BCUT2D eigenvalue weighted by molar-refractivity contribution is -0.131. The molecule has 0 bridgehead atoms. The monoisotopic (exact) mass is 266 g/mol. The van der Waals surface area contributed by atoms with Crippen LogP contribution in [0.2, 0.25) is 0 Å². The zero-order valence-electron chi connectivity index (χ0n) is 11.2. The van der Waals surface area contributed by atoms with Crippen molar-refractivity contribution in [3.8, 4) is 0 Å². The topological polar surface area (TPSA) is 56.5 Å². The third-order valence-corrected chi connectivity index (χ3v) is 4.05. The van der Waals surface area contributed by atoms with E-state index in [2.05, 4.69) is 9.78 Å². The number of hydrogen-bond acceptors (Lipinski definition) is 4. The molecular formula is C14H22N2O3. The maximum Gasteiger partial charge on any atom is 0.107 e. The van der Waals surface area contributed by atoms with Crippen molar-refractivity contribution < 1.29 is 14.6 Å². The van der Waals surface area contributed by atoms with Crippen LogP contribution < -0.4 is 0 Å². The average Bonchev–Trinajstić information content (AvgIpc) is 3.10. The van der Waals surface area contributed by atoms with E-state index in [0.29, 0.717) is 32.3 Å². The molecule has 1 N–H and O–H groups in total. The highest BCUT2D eigenvalue weighted by atomic mass is 16.6. The molecule has 0 amide bonds. The van der Waals surface area contributed by atoms with Gasteiger partial charge < -0.3 is 14.6 Å². The third-order valence-electron chi connectivity index (χ3n) is 4.05. The van der Waals surface area contributed by atoms with Gasteiger partial charge >= 0.3 is 0 Å². The normalized spacial score (nSPS) is 26.7. The molecule has 0 aromatic carbocycles. The first-order chi connectivity index (χ1) is 9.33. The maximum atomic E-state index is 10.1. The molecule has 0 radical (unpaired) electrons. The van der Waals surface area contributed by atoms with Gasteiger partial charge in [0, 0.05) is 12.6 Å². The van der Waals surface area contributed by atoms with E-state index in [9.17, 15) is 5.11 Å². The van der Waals surface area contributed by atoms with Crippen molar-refractivity contribution in [2.75, 3.05) is 19.8 Å². The van der Waals surface area contributed by atoms with Gasteiger partial charge in [-0.3, -0.25) is 4.68 Å². The smallest absolute Gasteiger partial charge is 0.107 e. The van der Waals surface area contributed by atoms with Gasteiger partial charge in [-0.15, -0.1) is 0 Å². The molecule has 2 atom stereocenters. The summed E-state index contributed by atoms with van der Waals surface area (Å²) in [5, 5.41) is 14.7. The molecule has 1 saturated heterocycles. The van der Waals surface area contributed by atoms with Crippen LogP contribution >= 0.6 is 0 Å². The SMILES string of the molecule is OC(Cc1ccn(C2CCCC2)n1)C1COCCO1. The molecule has 2 aliphatic rings. The van der Waals surface area contributed by atoms with Gasteiger partial charge in [0.05, 0.1) is 37.7 Å². The van der Waals surface area contributed by atoms with Crippen molar-refractivity contribution >= 4 is 0 Å². The Morgan fingerprint density at radius 1 is 1.37 bits per heavy atom. The van der Waals surface area contributed by atoms with Crippen molar-refractivity contribution in [1.29, 1.82) is 0 Å². The van der Waals surface area contributed by atoms with E-state index in [1.807, 2.05) is 12.3 Å². The molecule has 106 valence electrons.